The molecule has 1 heterocycles. The quantitative estimate of drug-likeness (QED) is 0.852. The standard InChI is InChI=1S/C14H17NO2/c1-3-11-12(4-2)14(17)15(13(11)16)10-8-6-5-7-9-10/h5-9,16-17H,3-4H2,1-2H3. The number of benzene rings is 1. The fraction of sp³-hybridized carbons (Fsp3) is 0.286. The molecule has 90 valence electrons. The van der Waals surface area contributed by atoms with Crippen LogP contribution in [0.15, 0.2) is 30.3 Å². The minimum absolute atomic E-state index is 0.146. The van der Waals surface area contributed by atoms with E-state index in [9.17, 15) is 10.2 Å². The van der Waals surface area contributed by atoms with Gasteiger partial charge in [-0.25, -0.2) is 0 Å². The summed E-state index contributed by atoms with van der Waals surface area (Å²) in [6.45, 7) is 3.95. The van der Waals surface area contributed by atoms with Crippen LogP contribution in [-0.4, -0.2) is 14.8 Å². The van der Waals surface area contributed by atoms with Crippen LogP contribution in [0.4, 0.5) is 0 Å². The van der Waals surface area contributed by atoms with E-state index in [2.05, 4.69) is 0 Å². The van der Waals surface area contributed by atoms with Crippen molar-refractivity contribution in [3.05, 3.63) is 41.5 Å². The highest BCUT2D eigenvalue weighted by Gasteiger charge is 2.20. The molecule has 0 saturated carbocycles. The summed E-state index contributed by atoms with van der Waals surface area (Å²) in [7, 11) is 0. The maximum atomic E-state index is 10.2. The van der Waals surface area contributed by atoms with Gasteiger partial charge in [-0.05, 0) is 25.0 Å². The van der Waals surface area contributed by atoms with E-state index in [-0.39, 0.29) is 11.8 Å². The lowest BCUT2D eigenvalue weighted by atomic mass is 10.1. The number of aromatic nitrogens is 1. The molecule has 0 aliphatic carbocycles. The van der Waals surface area contributed by atoms with Crippen LogP contribution in [-0.2, 0) is 12.8 Å². The van der Waals surface area contributed by atoms with E-state index in [1.165, 1.54) is 4.57 Å². The first-order valence-electron chi connectivity index (χ1n) is 5.90. The largest absolute Gasteiger partial charge is 0.494 e. The molecule has 1 aromatic carbocycles. The van der Waals surface area contributed by atoms with E-state index < -0.39 is 0 Å². The second-order valence-electron chi connectivity index (χ2n) is 3.98. The monoisotopic (exact) mass is 231 g/mol. The Morgan fingerprint density at radius 2 is 1.35 bits per heavy atom. The Bertz CT molecular complexity index is 487. The molecule has 0 aliphatic heterocycles. The second kappa shape index (κ2) is 4.53. The minimum atomic E-state index is 0.146. The molecule has 2 N–H and O–H groups in total. The van der Waals surface area contributed by atoms with Crippen molar-refractivity contribution >= 4 is 0 Å². The molecule has 0 bridgehead atoms. The molecular weight excluding hydrogens is 214 g/mol. The van der Waals surface area contributed by atoms with Crippen LogP contribution in [0.2, 0.25) is 0 Å². The molecule has 0 aliphatic rings. The summed E-state index contributed by atoms with van der Waals surface area (Å²) < 4.78 is 1.50. The van der Waals surface area contributed by atoms with Crippen molar-refractivity contribution in [2.24, 2.45) is 0 Å². The highest BCUT2D eigenvalue weighted by atomic mass is 16.3. The van der Waals surface area contributed by atoms with E-state index in [4.69, 9.17) is 0 Å². The first-order valence-corrected chi connectivity index (χ1v) is 5.90. The highest BCUT2D eigenvalue weighted by molar-refractivity contribution is 5.52. The summed E-state index contributed by atoms with van der Waals surface area (Å²) in [6.07, 6.45) is 1.42. The number of para-hydroxylation sites is 1. The molecule has 0 unspecified atom stereocenters. The normalized spacial score (nSPS) is 10.7. The van der Waals surface area contributed by atoms with E-state index in [1.807, 2.05) is 44.2 Å². The molecule has 0 spiro atoms. The molecule has 0 radical (unpaired) electrons. The zero-order valence-electron chi connectivity index (χ0n) is 10.1. The summed E-state index contributed by atoms with van der Waals surface area (Å²) in [5.41, 5.74) is 2.43. The van der Waals surface area contributed by atoms with Gasteiger partial charge >= 0.3 is 0 Å². The van der Waals surface area contributed by atoms with Crippen molar-refractivity contribution in [2.75, 3.05) is 0 Å². The number of nitrogens with zero attached hydrogens (tertiary/aromatic N) is 1. The van der Waals surface area contributed by atoms with Gasteiger partial charge in [-0.3, -0.25) is 4.57 Å². The number of hydrogen-bond donors (Lipinski definition) is 2. The van der Waals surface area contributed by atoms with E-state index in [0.29, 0.717) is 12.8 Å². The van der Waals surface area contributed by atoms with Gasteiger partial charge in [-0.15, -0.1) is 0 Å². The Morgan fingerprint density at radius 1 is 0.882 bits per heavy atom. The Kier molecular flexibility index (Phi) is 3.09. The van der Waals surface area contributed by atoms with Gasteiger partial charge in [0.2, 0.25) is 11.8 Å². The van der Waals surface area contributed by atoms with Gasteiger partial charge in [-0.1, -0.05) is 32.0 Å². The third-order valence-electron chi connectivity index (χ3n) is 3.05. The molecular formula is C14H17NO2. The third kappa shape index (κ3) is 1.78. The van der Waals surface area contributed by atoms with E-state index in [0.717, 1.165) is 16.8 Å². The fourth-order valence-electron chi connectivity index (χ4n) is 2.20. The number of aromatic hydroxyl groups is 2. The minimum Gasteiger partial charge on any atom is -0.494 e. The van der Waals surface area contributed by atoms with Crippen molar-refractivity contribution in [2.45, 2.75) is 26.7 Å². The van der Waals surface area contributed by atoms with Gasteiger partial charge in [-0.2, -0.15) is 0 Å². The molecule has 3 nitrogen and oxygen atoms in total. The third-order valence-corrected chi connectivity index (χ3v) is 3.05. The van der Waals surface area contributed by atoms with Gasteiger partial charge in [0, 0.05) is 11.1 Å². The van der Waals surface area contributed by atoms with Crippen molar-refractivity contribution in [3.8, 4) is 17.4 Å². The van der Waals surface area contributed by atoms with Crippen molar-refractivity contribution in [1.29, 1.82) is 0 Å². The summed E-state index contributed by atoms with van der Waals surface area (Å²) in [6, 6.07) is 9.39. The Balaban J connectivity index is 2.67. The lowest BCUT2D eigenvalue weighted by Crippen LogP contribution is -1.92. The first kappa shape index (κ1) is 11.6. The number of rotatable bonds is 3. The molecule has 2 aromatic rings. The molecule has 0 amide bonds. The van der Waals surface area contributed by atoms with Crippen LogP contribution in [0.3, 0.4) is 0 Å². The lowest BCUT2D eigenvalue weighted by molar-refractivity contribution is 0.399. The van der Waals surface area contributed by atoms with Crippen LogP contribution in [0.25, 0.3) is 5.69 Å². The summed E-state index contributed by atoms with van der Waals surface area (Å²) in [5.74, 6) is 0.293. The fourth-order valence-corrected chi connectivity index (χ4v) is 2.20. The molecule has 0 saturated heterocycles. The average Bonchev–Trinajstić information content (AvgIpc) is 2.60. The first-order chi connectivity index (χ1) is 8.20. The van der Waals surface area contributed by atoms with Crippen molar-refractivity contribution < 1.29 is 10.2 Å². The SMILES string of the molecule is CCc1c(CC)c(O)n(-c2ccccc2)c1O. The van der Waals surface area contributed by atoms with Crippen molar-refractivity contribution in [1.82, 2.24) is 4.57 Å². The smallest absolute Gasteiger partial charge is 0.202 e. The Labute approximate surface area is 101 Å². The maximum absolute atomic E-state index is 10.2. The predicted octanol–water partition coefficient (Wildman–Crippen LogP) is 3.01. The van der Waals surface area contributed by atoms with Crippen molar-refractivity contribution in [3.63, 3.8) is 0 Å². The van der Waals surface area contributed by atoms with Gasteiger partial charge in [0.25, 0.3) is 0 Å². The van der Waals surface area contributed by atoms with Crippen LogP contribution < -0.4 is 0 Å². The zero-order valence-corrected chi connectivity index (χ0v) is 10.1. The molecule has 17 heavy (non-hydrogen) atoms. The van der Waals surface area contributed by atoms with Gasteiger partial charge in [0.15, 0.2) is 0 Å². The van der Waals surface area contributed by atoms with Crippen LogP contribution in [0, 0.1) is 0 Å². The highest BCUT2D eigenvalue weighted by Crippen LogP contribution is 2.37. The van der Waals surface area contributed by atoms with Gasteiger partial charge < -0.3 is 10.2 Å². The second-order valence-corrected chi connectivity index (χ2v) is 3.98. The Morgan fingerprint density at radius 3 is 1.76 bits per heavy atom. The van der Waals surface area contributed by atoms with Crippen LogP contribution in [0.5, 0.6) is 11.8 Å². The van der Waals surface area contributed by atoms with Crippen LogP contribution >= 0.6 is 0 Å². The topological polar surface area (TPSA) is 45.4 Å². The Hall–Kier alpha value is -1.90. The molecule has 0 fully saturated rings. The van der Waals surface area contributed by atoms with E-state index >= 15 is 0 Å². The number of hydrogen-bond acceptors (Lipinski definition) is 2. The van der Waals surface area contributed by atoms with Crippen LogP contribution in [0.1, 0.15) is 25.0 Å². The van der Waals surface area contributed by atoms with Gasteiger partial charge in [0.05, 0.1) is 5.69 Å². The summed E-state index contributed by atoms with van der Waals surface area (Å²) in [4.78, 5) is 0. The maximum Gasteiger partial charge on any atom is 0.202 e. The predicted molar refractivity (Wildman–Crippen MR) is 67.9 cm³/mol. The molecule has 1 aromatic heterocycles. The van der Waals surface area contributed by atoms with Gasteiger partial charge in [0.1, 0.15) is 0 Å². The van der Waals surface area contributed by atoms with E-state index in [1.54, 1.807) is 0 Å². The summed E-state index contributed by atoms with van der Waals surface area (Å²) >= 11 is 0. The molecule has 0 atom stereocenters. The average molecular weight is 231 g/mol. The summed E-state index contributed by atoms with van der Waals surface area (Å²) in [5, 5.41) is 20.4. The molecule has 2 rings (SSSR count). The lowest BCUT2D eigenvalue weighted by Gasteiger charge is -2.06. The molecule has 3 heteroatoms. The zero-order chi connectivity index (χ0) is 12.4.